The van der Waals surface area contributed by atoms with Crippen LogP contribution in [0.3, 0.4) is 0 Å². The highest BCUT2D eigenvalue weighted by Gasteiger charge is 2.24. The van der Waals surface area contributed by atoms with Gasteiger partial charge in [-0.25, -0.2) is 4.99 Å². The van der Waals surface area contributed by atoms with E-state index in [9.17, 15) is 4.79 Å². The molecule has 1 saturated heterocycles. The van der Waals surface area contributed by atoms with Crippen molar-refractivity contribution in [3.63, 3.8) is 0 Å². The summed E-state index contributed by atoms with van der Waals surface area (Å²) in [7, 11) is 0. The lowest BCUT2D eigenvalue weighted by Crippen LogP contribution is -2.19. The third-order valence-corrected chi connectivity index (χ3v) is 4.65. The first kappa shape index (κ1) is 15.4. The first-order chi connectivity index (χ1) is 10.5. The molecule has 1 aliphatic heterocycles. The van der Waals surface area contributed by atoms with Gasteiger partial charge in [0.05, 0.1) is 10.6 Å². The number of halogens is 2. The zero-order valence-electron chi connectivity index (χ0n) is 11.4. The Labute approximate surface area is 144 Å². The van der Waals surface area contributed by atoms with Crippen LogP contribution in [0, 0.1) is 6.92 Å². The molecule has 112 valence electrons. The zero-order valence-corrected chi connectivity index (χ0v) is 14.6. The van der Waals surface area contributed by atoms with Gasteiger partial charge in [0.15, 0.2) is 9.84 Å². The number of carbonyl (C=O) groups is 1. The van der Waals surface area contributed by atoms with Crippen molar-refractivity contribution in [2.75, 3.05) is 0 Å². The quantitative estimate of drug-likeness (QED) is 0.734. The van der Waals surface area contributed by atoms with Crippen LogP contribution in [0.5, 0.6) is 0 Å². The minimum atomic E-state index is -0.200. The number of furan rings is 1. The molecule has 2 aromatic rings. The van der Waals surface area contributed by atoms with E-state index in [1.54, 1.807) is 24.3 Å². The monoisotopic (exact) mass is 396 g/mol. The summed E-state index contributed by atoms with van der Waals surface area (Å²) in [6.45, 7) is 1.92. The van der Waals surface area contributed by atoms with E-state index >= 15 is 0 Å². The van der Waals surface area contributed by atoms with E-state index in [4.69, 9.17) is 16.0 Å². The molecule has 1 aromatic carbocycles. The number of aliphatic imine (C=N–C) groups is 1. The zero-order chi connectivity index (χ0) is 15.7. The minimum Gasteiger partial charge on any atom is -0.450 e. The fraction of sp³-hybridized carbons (Fsp3) is 0.0667. The van der Waals surface area contributed by atoms with Crippen LogP contribution in [0.15, 0.2) is 49.3 Å². The van der Waals surface area contributed by atoms with E-state index < -0.39 is 0 Å². The number of amides is 1. The molecule has 0 radical (unpaired) electrons. The molecular weight excluding hydrogens is 388 g/mol. The van der Waals surface area contributed by atoms with Crippen molar-refractivity contribution < 1.29 is 9.21 Å². The number of nitrogens with zero attached hydrogens (tertiary/aromatic N) is 1. The molecule has 0 bridgehead atoms. The first-order valence-corrected chi connectivity index (χ1v) is 8.31. The molecule has 7 heteroatoms. The van der Waals surface area contributed by atoms with Crippen LogP contribution in [0.1, 0.15) is 11.3 Å². The summed E-state index contributed by atoms with van der Waals surface area (Å²) in [5, 5.41) is 3.88. The average molecular weight is 398 g/mol. The largest absolute Gasteiger partial charge is 0.450 e. The van der Waals surface area contributed by atoms with Crippen molar-refractivity contribution in [1.82, 2.24) is 5.32 Å². The van der Waals surface area contributed by atoms with Gasteiger partial charge in [0.1, 0.15) is 5.76 Å². The molecule has 0 saturated carbocycles. The fourth-order valence-electron chi connectivity index (χ4n) is 1.78. The van der Waals surface area contributed by atoms with Crippen LogP contribution in [0.2, 0.25) is 5.02 Å². The molecular formula is C15H10BrClN2O2S. The smallest absolute Gasteiger partial charge is 0.264 e. The molecule has 0 aliphatic carbocycles. The highest BCUT2D eigenvalue weighted by Crippen LogP contribution is 2.30. The number of nitrogens with one attached hydrogen (secondary N) is 1. The topological polar surface area (TPSA) is 54.6 Å². The maximum Gasteiger partial charge on any atom is 0.264 e. The Balaban J connectivity index is 1.83. The van der Waals surface area contributed by atoms with Crippen LogP contribution in [-0.4, -0.2) is 11.1 Å². The fourth-order valence-corrected chi connectivity index (χ4v) is 3.10. The SMILES string of the molecule is Cc1ccc(N=C2NC(=O)/C(=C/c3ccc(Br)o3)S2)cc1Cl. The summed E-state index contributed by atoms with van der Waals surface area (Å²) < 4.78 is 5.98. The van der Waals surface area contributed by atoms with Crippen molar-refractivity contribution in [3.05, 3.63) is 56.3 Å². The third-order valence-electron chi connectivity index (χ3n) is 2.90. The van der Waals surface area contributed by atoms with Gasteiger partial charge in [0, 0.05) is 11.1 Å². The van der Waals surface area contributed by atoms with Crippen LogP contribution < -0.4 is 5.32 Å². The molecule has 0 spiro atoms. The van der Waals surface area contributed by atoms with E-state index in [0.29, 0.717) is 31.2 Å². The predicted molar refractivity (Wildman–Crippen MR) is 93.4 cm³/mol. The van der Waals surface area contributed by atoms with Crippen molar-refractivity contribution in [3.8, 4) is 0 Å². The number of hydrogen-bond donors (Lipinski definition) is 1. The molecule has 0 atom stereocenters. The van der Waals surface area contributed by atoms with Crippen LogP contribution >= 0.6 is 39.3 Å². The van der Waals surface area contributed by atoms with E-state index in [1.165, 1.54) is 11.8 Å². The molecule has 1 amide bonds. The van der Waals surface area contributed by atoms with Gasteiger partial charge in [0.25, 0.3) is 5.91 Å². The second-order valence-corrected chi connectivity index (χ2v) is 6.78. The average Bonchev–Trinajstić information content (AvgIpc) is 3.01. The minimum absolute atomic E-state index is 0.200. The molecule has 2 heterocycles. The number of rotatable bonds is 2. The Hall–Kier alpha value is -1.50. The normalized spacial score (nSPS) is 18.2. The number of hydrogen-bond acceptors (Lipinski definition) is 4. The molecule has 1 aromatic heterocycles. The van der Waals surface area contributed by atoms with Crippen LogP contribution in [0.4, 0.5) is 5.69 Å². The lowest BCUT2D eigenvalue weighted by molar-refractivity contribution is -0.115. The van der Waals surface area contributed by atoms with E-state index in [0.717, 1.165) is 5.56 Å². The van der Waals surface area contributed by atoms with Crippen molar-refractivity contribution >= 4 is 62.1 Å². The summed E-state index contributed by atoms with van der Waals surface area (Å²) in [4.78, 5) is 16.9. The number of thioether (sulfide) groups is 1. The predicted octanol–water partition coefficient (Wildman–Crippen LogP) is 4.90. The highest BCUT2D eigenvalue weighted by molar-refractivity contribution is 9.10. The van der Waals surface area contributed by atoms with Gasteiger partial charge >= 0.3 is 0 Å². The van der Waals surface area contributed by atoms with Gasteiger partial charge in [-0.15, -0.1) is 0 Å². The van der Waals surface area contributed by atoms with Gasteiger partial charge in [-0.3, -0.25) is 4.79 Å². The molecule has 1 aliphatic rings. The molecule has 1 fully saturated rings. The van der Waals surface area contributed by atoms with Crippen LogP contribution in [-0.2, 0) is 4.79 Å². The maximum absolute atomic E-state index is 11.9. The molecule has 4 nitrogen and oxygen atoms in total. The number of amidine groups is 1. The Morgan fingerprint density at radius 1 is 1.36 bits per heavy atom. The molecule has 0 unspecified atom stereocenters. The molecule has 1 N–H and O–H groups in total. The Kier molecular flexibility index (Phi) is 4.42. The van der Waals surface area contributed by atoms with Crippen molar-refractivity contribution in [2.45, 2.75) is 6.92 Å². The second kappa shape index (κ2) is 6.32. The van der Waals surface area contributed by atoms with Gasteiger partial charge in [-0.2, -0.15) is 0 Å². The highest BCUT2D eigenvalue weighted by atomic mass is 79.9. The lowest BCUT2D eigenvalue weighted by Gasteiger charge is -2.00. The molecule has 3 rings (SSSR count). The Morgan fingerprint density at radius 2 is 2.18 bits per heavy atom. The standard InChI is InChI=1S/C15H10BrClN2O2S/c1-8-2-3-9(6-11(8)17)18-15-19-14(20)12(22-15)7-10-4-5-13(16)21-10/h2-7H,1H3,(H,18,19,20)/b12-7-. The summed E-state index contributed by atoms with van der Waals surface area (Å²) >= 11 is 10.6. The Bertz CT molecular complexity index is 814. The summed E-state index contributed by atoms with van der Waals surface area (Å²) in [6.07, 6.45) is 1.68. The summed E-state index contributed by atoms with van der Waals surface area (Å²) in [6, 6.07) is 9.06. The number of benzene rings is 1. The summed E-state index contributed by atoms with van der Waals surface area (Å²) in [5.41, 5.74) is 1.68. The lowest BCUT2D eigenvalue weighted by atomic mass is 10.2. The van der Waals surface area contributed by atoms with Gasteiger partial charge < -0.3 is 9.73 Å². The van der Waals surface area contributed by atoms with Gasteiger partial charge in [-0.05, 0) is 64.4 Å². The number of aryl methyl sites for hydroxylation is 1. The first-order valence-electron chi connectivity index (χ1n) is 6.32. The van der Waals surface area contributed by atoms with Crippen molar-refractivity contribution in [2.24, 2.45) is 4.99 Å². The molecule has 22 heavy (non-hydrogen) atoms. The van der Waals surface area contributed by atoms with Crippen LogP contribution in [0.25, 0.3) is 6.08 Å². The van der Waals surface area contributed by atoms with E-state index in [2.05, 4.69) is 26.2 Å². The van der Waals surface area contributed by atoms with E-state index in [1.807, 2.05) is 19.1 Å². The maximum atomic E-state index is 11.9. The third kappa shape index (κ3) is 3.45. The number of carbonyl (C=O) groups excluding carboxylic acids is 1. The van der Waals surface area contributed by atoms with E-state index in [-0.39, 0.29) is 5.91 Å². The van der Waals surface area contributed by atoms with Gasteiger partial charge in [0.2, 0.25) is 0 Å². The van der Waals surface area contributed by atoms with Gasteiger partial charge in [-0.1, -0.05) is 17.7 Å². The second-order valence-electron chi connectivity index (χ2n) is 4.56. The van der Waals surface area contributed by atoms with Crippen molar-refractivity contribution in [1.29, 1.82) is 0 Å². The Morgan fingerprint density at radius 3 is 2.86 bits per heavy atom. The summed E-state index contributed by atoms with van der Waals surface area (Å²) in [5.74, 6) is 0.402.